The third-order valence-electron chi connectivity index (χ3n) is 3.79. The Morgan fingerprint density at radius 3 is 2.33 bits per heavy atom. The van der Waals surface area contributed by atoms with Gasteiger partial charge in [-0.1, -0.05) is 24.3 Å². The lowest BCUT2D eigenvalue weighted by Crippen LogP contribution is -2.47. The van der Waals surface area contributed by atoms with Crippen molar-refractivity contribution in [2.24, 2.45) is 4.99 Å². The summed E-state index contributed by atoms with van der Waals surface area (Å²) in [5.41, 5.74) is 2.58. The van der Waals surface area contributed by atoms with Crippen LogP contribution < -0.4 is 10.6 Å². The first-order valence-corrected chi connectivity index (χ1v) is 8.91. The van der Waals surface area contributed by atoms with Gasteiger partial charge >= 0.3 is 0 Å². The number of hydrogen-bond acceptors (Lipinski definition) is 3. The highest BCUT2D eigenvalue weighted by Crippen LogP contribution is 2.10. The van der Waals surface area contributed by atoms with Gasteiger partial charge in [0, 0.05) is 31.7 Å². The van der Waals surface area contributed by atoms with Gasteiger partial charge in [0.15, 0.2) is 5.96 Å². The molecule has 1 aliphatic heterocycles. The van der Waals surface area contributed by atoms with Crippen LogP contribution in [-0.2, 0) is 17.8 Å². The zero-order valence-corrected chi connectivity index (χ0v) is 15.6. The summed E-state index contributed by atoms with van der Waals surface area (Å²) in [5, 5.41) is 6.71. The predicted octanol–water partition coefficient (Wildman–Crippen LogP) is 2.37. The van der Waals surface area contributed by atoms with Gasteiger partial charge in [-0.15, -0.1) is 0 Å². The van der Waals surface area contributed by atoms with E-state index in [1.54, 1.807) is 0 Å². The summed E-state index contributed by atoms with van der Waals surface area (Å²) >= 11 is 0. The molecule has 0 radical (unpaired) electrons. The lowest BCUT2D eigenvalue weighted by atomic mass is 10.1. The van der Waals surface area contributed by atoms with Crippen LogP contribution in [0.25, 0.3) is 0 Å². The van der Waals surface area contributed by atoms with Crippen molar-refractivity contribution in [3.05, 3.63) is 35.4 Å². The molecular weight excluding hydrogens is 300 g/mol. The van der Waals surface area contributed by atoms with E-state index in [-0.39, 0.29) is 5.54 Å². The molecule has 2 rings (SSSR count). The van der Waals surface area contributed by atoms with Crippen LogP contribution in [0.4, 0.5) is 0 Å². The third-order valence-corrected chi connectivity index (χ3v) is 3.79. The first-order chi connectivity index (χ1) is 11.5. The minimum atomic E-state index is 0.00299. The second-order valence-corrected chi connectivity index (χ2v) is 7.28. The lowest BCUT2D eigenvalue weighted by molar-refractivity contribution is 0.0342. The molecule has 24 heavy (non-hydrogen) atoms. The summed E-state index contributed by atoms with van der Waals surface area (Å²) < 4.78 is 5.40. The molecule has 134 valence electrons. The van der Waals surface area contributed by atoms with E-state index in [0.29, 0.717) is 6.54 Å². The molecule has 2 N–H and O–H groups in total. The van der Waals surface area contributed by atoms with Crippen molar-refractivity contribution in [1.29, 1.82) is 0 Å². The number of rotatable bonds is 5. The number of nitrogens with one attached hydrogen (secondary N) is 2. The van der Waals surface area contributed by atoms with Crippen LogP contribution in [-0.4, -0.2) is 49.2 Å². The summed E-state index contributed by atoms with van der Waals surface area (Å²) in [6.45, 7) is 14.8. The smallest absolute Gasteiger partial charge is 0.191 e. The average Bonchev–Trinajstić information content (AvgIpc) is 2.54. The molecule has 0 atom stereocenters. The largest absolute Gasteiger partial charge is 0.379 e. The SMILES string of the molecule is CCNC(=NCc1ccc(CN2CCOCC2)cc1)NC(C)(C)C. The summed E-state index contributed by atoms with van der Waals surface area (Å²) in [5.74, 6) is 0.863. The molecule has 0 amide bonds. The van der Waals surface area contributed by atoms with E-state index in [4.69, 9.17) is 4.74 Å². The van der Waals surface area contributed by atoms with Gasteiger partial charge in [0.1, 0.15) is 0 Å². The molecule has 1 aromatic carbocycles. The fourth-order valence-electron chi connectivity index (χ4n) is 2.60. The van der Waals surface area contributed by atoms with Crippen molar-refractivity contribution in [2.75, 3.05) is 32.8 Å². The molecule has 5 heteroatoms. The quantitative estimate of drug-likeness (QED) is 0.642. The first kappa shape index (κ1) is 18.7. The molecule has 1 aromatic rings. The highest BCUT2D eigenvalue weighted by Gasteiger charge is 2.12. The van der Waals surface area contributed by atoms with Gasteiger partial charge in [-0.25, -0.2) is 4.99 Å². The Balaban J connectivity index is 1.90. The Bertz CT molecular complexity index is 513. The molecule has 0 bridgehead atoms. The molecule has 0 spiro atoms. The van der Waals surface area contributed by atoms with E-state index in [9.17, 15) is 0 Å². The third kappa shape index (κ3) is 6.89. The standard InChI is InChI=1S/C19H32N4O/c1-5-20-18(22-19(2,3)4)21-14-16-6-8-17(9-7-16)15-23-10-12-24-13-11-23/h6-9H,5,10-15H2,1-4H3,(H2,20,21,22). The van der Waals surface area contributed by atoms with Crippen LogP contribution >= 0.6 is 0 Å². The van der Waals surface area contributed by atoms with Crippen molar-refractivity contribution in [3.8, 4) is 0 Å². The van der Waals surface area contributed by atoms with Crippen LogP contribution in [0.15, 0.2) is 29.3 Å². The summed E-state index contributed by atoms with van der Waals surface area (Å²) in [6, 6.07) is 8.79. The van der Waals surface area contributed by atoms with Gasteiger partial charge in [-0.05, 0) is 38.8 Å². The Morgan fingerprint density at radius 2 is 1.75 bits per heavy atom. The van der Waals surface area contributed by atoms with Gasteiger partial charge in [0.25, 0.3) is 0 Å². The molecule has 5 nitrogen and oxygen atoms in total. The van der Waals surface area contributed by atoms with E-state index < -0.39 is 0 Å². The van der Waals surface area contributed by atoms with Crippen LogP contribution in [0.1, 0.15) is 38.8 Å². The molecule has 1 heterocycles. The van der Waals surface area contributed by atoms with E-state index in [1.165, 1.54) is 11.1 Å². The molecule has 1 saturated heterocycles. The fraction of sp³-hybridized carbons (Fsp3) is 0.632. The number of morpholine rings is 1. The van der Waals surface area contributed by atoms with Crippen molar-refractivity contribution >= 4 is 5.96 Å². The van der Waals surface area contributed by atoms with Gasteiger partial charge in [0.2, 0.25) is 0 Å². The van der Waals surface area contributed by atoms with Crippen LogP contribution in [0.3, 0.4) is 0 Å². The van der Waals surface area contributed by atoms with Gasteiger partial charge in [-0.2, -0.15) is 0 Å². The van der Waals surface area contributed by atoms with E-state index >= 15 is 0 Å². The second kappa shape index (κ2) is 9.04. The predicted molar refractivity (Wildman–Crippen MR) is 100 cm³/mol. The van der Waals surface area contributed by atoms with Crippen molar-refractivity contribution in [3.63, 3.8) is 0 Å². The molecule has 1 aliphatic rings. The second-order valence-electron chi connectivity index (χ2n) is 7.28. The van der Waals surface area contributed by atoms with Crippen LogP contribution in [0.5, 0.6) is 0 Å². The highest BCUT2D eigenvalue weighted by atomic mass is 16.5. The monoisotopic (exact) mass is 332 g/mol. The van der Waals surface area contributed by atoms with Gasteiger partial charge < -0.3 is 15.4 Å². The minimum Gasteiger partial charge on any atom is -0.379 e. The summed E-state index contributed by atoms with van der Waals surface area (Å²) in [7, 11) is 0. The van der Waals surface area contributed by atoms with E-state index in [2.05, 4.69) is 72.5 Å². The number of hydrogen-bond donors (Lipinski definition) is 2. The average molecular weight is 332 g/mol. The zero-order chi connectivity index (χ0) is 17.4. The zero-order valence-electron chi connectivity index (χ0n) is 15.6. The minimum absolute atomic E-state index is 0.00299. The number of nitrogens with zero attached hydrogens (tertiary/aromatic N) is 2. The molecule has 1 fully saturated rings. The highest BCUT2D eigenvalue weighted by molar-refractivity contribution is 5.80. The van der Waals surface area contributed by atoms with Crippen molar-refractivity contribution in [2.45, 2.75) is 46.3 Å². The molecule has 0 aromatic heterocycles. The molecule has 0 aliphatic carbocycles. The summed E-state index contributed by atoms with van der Waals surface area (Å²) in [4.78, 5) is 7.12. The van der Waals surface area contributed by atoms with Crippen LogP contribution in [0, 0.1) is 0 Å². The number of guanidine groups is 1. The number of ether oxygens (including phenoxy) is 1. The number of aliphatic imine (C=N–C) groups is 1. The summed E-state index contributed by atoms with van der Waals surface area (Å²) in [6.07, 6.45) is 0. The normalized spacial score (nSPS) is 16.9. The molecule has 0 unspecified atom stereocenters. The van der Waals surface area contributed by atoms with Gasteiger partial charge in [0.05, 0.1) is 19.8 Å². The van der Waals surface area contributed by atoms with Crippen molar-refractivity contribution < 1.29 is 4.74 Å². The Hall–Kier alpha value is -1.59. The maximum Gasteiger partial charge on any atom is 0.191 e. The Morgan fingerprint density at radius 1 is 1.12 bits per heavy atom. The first-order valence-electron chi connectivity index (χ1n) is 8.91. The van der Waals surface area contributed by atoms with E-state index in [0.717, 1.165) is 45.4 Å². The lowest BCUT2D eigenvalue weighted by Gasteiger charge is -2.26. The fourth-order valence-corrected chi connectivity index (χ4v) is 2.60. The maximum atomic E-state index is 5.40. The van der Waals surface area contributed by atoms with Gasteiger partial charge in [-0.3, -0.25) is 4.90 Å². The molecule has 0 saturated carbocycles. The topological polar surface area (TPSA) is 48.9 Å². The number of benzene rings is 1. The van der Waals surface area contributed by atoms with Crippen LogP contribution in [0.2, 0.25) is 0 Å². The van der Waals surface area contributed by atoms with E-state index in [1.807, 2.05) is 0 Å². The maximum absolute atomic E-state index is 5.40. The Labute approximate surface area is 146 Å². The Kier molecular flexibility index (Phi) is 7.06. The van der Waals surface area contributed by atoms with Crippen molar-refractivity contribution in [1.82, 2.24) is 15.5 Å². The molecular formula is C19H32N4O.